The van der Waals surface area contributed by atoms with Gasteiger partial charge in [-0.2, -0.15) is 0 Å². The summed E-state index contributed by atoms with van der Waals surface area (Å²) >= 11 is 0. The second kappa shape index (κ2) is 17.3. The molecule has 2 amide bonds. The third kappa shape index (κ3) is 10.9. The van der Waals surface area contributed by atoms with Crippen LogP contribution in [-0.2, 0) is 33.8 Å². The van der Waals surface area contributed by atoms with Crippen LogP contribution < -0.4 is 10.1 Å². The molecule has 2 aromatic rings. The van der Waals surface area contributed by atoms with Crippen molar-refractivity contribution in [1.29, 1.82) is 0 Å². The average Bonchev–Trinajstić information content (AvgIpc) is 3.02. The van der Waals surface area contributed by atoms with Gasteiger partial charge in [-0.05, 0) is 63.6 Å². The molecule has 1 saturated heterocycles. The molecule has 0 spiro atoms. The molecule has 43 heavy (non-hydrogen) atoms. The minimum atomic E-state index is -0.285. The second-order valence-electron chi connectivity index (χ2n) is 11.9. The maximum Gasteiger partial charge on any atom is 0.234 e. The summed E-state index contributed by atoms with van der Waals surface area (Å²) in [6.45, 7) is 11.5. The SMILES string of the molecule is CC(C)N1CC(=O)NCCCCCOc2ccc(CCC(=O)N(CCCN3CCOCC3)Cc3ccccc3F)cc2C1. The second-order valence-corrected chi connectivity index (χ2v) is 11.9. The van der Waals surface area contributed by atoms with Crippen LogP contribution in [0.5, 0.6) is 5.75 Å². The fourth-order valence-corrected chi connectivity index (χ4v) is 5.59. The zero-order chi connectivity index (χ0) is 30.4. The number of hydrogen-bond acceptors (Lipinski definition) is 6. The summed E-state index contributed by atoms with van der Waals surface area (Å²) < 4.78 is 26.2. The Balaban J connectivity index is 1.44. The van der Waals surface area contributed by atoms with E-state index < -0.39 is 0 Å². The molecule has 8 nitrogen and oxygen atoms in total. The van der Waals surface area contributed by atoms with Crippen molar-refractivity contribution in [3.8, 4) is 5.75 Å². The summed E-state index contributed by atoms with van der Waals surface area (Å²) in [4.78, 5) is 32.4. The van der Waals surface area contributed by atoms with Crippen molar-refractivity contribution in [2.45, 2.75) is 71.5 Å². The molecule has 0 saturated carbocycles. The molecule has 0 bridgehead atoms. The van der Waals surface area contributed by atoms with Crippen LogP contribution in [0.25, 0.3) is 0 Å². The highest BCUT2D eigenvalue weighted by atomic mass is 19.1. The van der Waals surface area contributed by atoms with Gasteiger partial charge in [-0.3, -0.25) is 19.4 Å². The number of benzene rings is 2. The third-order valence-electron chi connectivity index (χ3n) is 8.28. The largest absolute Gasteiger partial charge is 0.493 e. The van der Waals surface area contributed by atoms with Crippen LogP contribution in [0.1, 0.15) is 62.6 Å². The topological polar surface area (TPSA) is 74.4 Å². The van der Waals surface area contributed by atoms with Gasteiger partial charge in [0.15, 0.2) is 0 Å². The Morgan fingerprint density at radius 1 is 1.05 bits per heavy atom. The lowest BCUT2D eigenvalue weighted by atomic mass is 10.0. The van der Waals surface area contributed by atoms with E-state index in [0.717, 1.165) is 75.4 Å². The van der Waals surface area contributed by atoms with Crippen LogP contribution in [0.4, 0.5) is 4.39 Å². The summed E-state index contributed by atoms with van der Waals surface area (Å²) in [6, 6.07) is 13.0. The number of morpholine rings is 1. The van der Waals surface area contributed by atoms with Gasteiger partial charge in [-0.1, -0.05) is 30.3 Å². The van der Waals surface area contributed by atoms with Gasteiger partial charge in [-0.25, -0.2) is 4.39 Å². The molecule has 2 aliphatic rings. The Morgan fingerprint density at radius 3 is 2.65 bits per heavy atom. The molecule has 0 aliphatic carbocycles. The van der Waals surface area contributed by atoms with Gasteiger partial charge in [0.1, 0.15) is 11.6 Å². The number of aryl methyl sites for hydroxylation is 1. The lowest BCUT2D eigenvalue weighted by Gasteiger charge is -2.28. The van der Waals surface area contributed by atoms with Gasteiger partial charge in [0.05, 0.1) is 26.4 Å². The molecule has 2 aromatic carbocycles. The normalized spacial score (nSPS) is 17.6. The van der Waals surface area contributed by atoms with E-state index in [2.05, 4.69) is 35.0 Å². The first kappa shape index (κ1) is 32.9. The molecular weight excluding hydrogens is 547 g/mol. The van der Waals surface area contributed by atoms with Crippen LogP contribution >= 0.6 is 0 Å². The summed E-state index contributed by atoms with van der Waals surface area (Å²) in [5.74, 6) is 0.615. The Morgan fingerprint density at radius 2 is 1.86 bits per heavy atom. The Bertz CT molecular complexity index is 1170. The maximum absolute atomic E-state index is 14.5. The zero-order valence-electron chi connectivity index (χ0n) is 26.0. The van der Waals surface area contributed by atoms with E-state index in [1.807, 2.05) is 18.2 Å². The standard InChI is InChI=1S/C34H49FN4O4/c1-27(2)39-25-30-23-28(11-13-32(30)43-20-7-3-6-15-36-33(40)26-39)12-14-34(41)38(24-29-9-4-5-10-31(29)35)17-8-16-37-18-21-42-22-19-37/h4-5,9-11,13,23,27H,3,6-8,12,14-22,24-26H2,1-2H3,(H,36,40). The first-order valence-corrected chi connectivity index (χ1v) is 16.0. The van der Waals surface area contributed by atoms with Crippen molar-refractivity contribution >= 4 is 11.8 Å². The number of hydrogen-bond donors (Lipinski definition) is 1. The number of carbonyl (C=O) groups is 2. The van der Waals surface area contributed by atoms with Gasteiger partial charge in [-0.15, -0.1) is 0 Å². The van der Waals surface area contributed by atoms with Crippen LogP contribution in [0.3, 0.4) is 0 Å². The maximum atomic E-state index is 14.5. The summed E-state index contributed by atoms with van der Waals surface area (Å²) in [5.41, 5.74) is 2.61. The first-order chi connectivity index (χ1) is 20.9. The van der Waals surface area contributed by atoms with Gasteiger partial charge in [0, 0.05) is 69.4 Å². The van der Waals surface area contributed by atoms with E-state index in [4.69, 9.17) is 9.47 Å². The lowest BCUT2D eigenvalue weighted by Crippen LogP contribution is -2.40. The van der Waals surface area contributed by atoms with Crippen molar-refractivity contribution in [3.63, 3.8) is 0 Å². The molecule has 236 valence electrons. The van der Waals surface area contributed by atoms with Crippen LogP contribution in [0, 0.1) is 5.82 Å². The highest BCUT2D eigenvalue weighted by Gasteiger charge is 2.20. The number of ether oxygens (including phenoxy) is 2. The molecule has 1 fully saturated rings. The van der Waals surface area contributed by atoms with Gasteiger partial charge >= 0.3 is 0 Å². The number of nitrogens with zero attached hydrogens (tertiary/aromatic N) is 3. The predicted octanol–water partition coefficient (Wildman–Crippen LogP) is 4.40. The molecule has 2 heterocycles. The van der Waals surface area contributed by atoms with E-state index in [1.54, 1.807) is 17.0 Å². The average molecular weight is 597 g/mol. The molecular formula is C34H49FN4O4. The molecule has 0 aromatic heterocycles. The number of amides is 2. The van der Waals surface area contributed by atoms with Gasteiger partial charge in [0.2, 0.25) is 11.8 Å². The molecule has 0 radical (unpaired) electrons. The zero-order valence-corrected chi connectivity index (χ0v) is 26.0. The highest BCUT2D eigenvalue weighted by molar-refractivity contribution is 5.78. The molecule has 2 aliphatic heterocycles. The first-order valence-electron chi connectivity index (χ1n) is 16.0. The Kier molecular flexibility index (Phi) is 13.3. The third-order valence-corrected chi connectivity index (χ3v) is 8.28. The van der Waals surface area contributed by atoms with Crippen molar-refractivity contribution in [3.05, 3.63) is 65.0 Å². The number of carbonyl (C=O) groups excluding carboxylic acids is 2. The molecule has 1 N–H and O–H groups in total. The predicted molar refractivity (Wildman–Crippen MR) is 166 cm³/mol. The monoisotopic (exact) mass is 596 g/mol. The summed E-state index contributed by atoms with van der Waals surface area (Å²) in [7, 11) is 0. The minimum Gasteiger partial charge on any atom is -0.493 e. The van der Waals surface area contributed by atoms with E-state index >= 15 is 0 Å². The lowest BCUT2D eigenvalue weighted by molar-refractivity contribution is -0.132. The van der Waals surface area contributed by atoms with E-state index in [9.17, 15) is 14.0 Å². The van der Waals surface area contributed by atoms with Crippen LogP contribution in [-0.4, -0.2) is 91.6 Å². The van der Waals surface area contributed by atoms with Gasteiger partial charge < -0.3 is 19.7 Å². The molecule has 4 rings (SSSR count). The number of nitrogens with one attached hydrogen (secondary N) is 1. The highest BCUT2D eigenvalue weighted by Crippen LogP contribution is 2.25. The van der Waals surface area contributed by atoms with Crippen LogP contribution in [0.2, 0.25) is 0 Å². The van der Waals surface area contributed by atoms with Crippen molar-refractivity contribution < 1.29 is 23.5 Å². The summed E-state index contributed by atoms with van der Waals surface area (Å²) in [5, 5.41) is 3.04. The minimum absolute atomic E-state index is 0.0194. The van der Waals surface area contributed by atoms with Crippen LogP contribution in [0.15, 0.2) is 42.5 Å². The molecule has 0 atom stereocenters. The molecule has 0 unspecified atom stereocenters. The smallest absolute Gasteiger partial charge is 0.234 e. The summed E-state index contributed by atoms with van der Waals surface area (Å²) in [6.07, 6.45) is 4.61. The fourth-order valence-electron chi connectivity index (χ4n) is 5.59. The quantitative estimate of drug-likeness (QED) is 0.439. The van der Waals surface area contributed by atoms with E-state index in [0.29, 0.717) is 51.2 Å². The van der Waals surface area contributed by atoms with E-state index in [1.165, 1.54) is 6.07 Å². The fraction of sp³-hybridized carbons (Fsp3) is 0.588. The number of rotatable bonds is 10. The van der Waals surface area contributed by atoms with E-state index in [-0.39, 0.29) is 30.2 Å². The number of halogens is 1. The van der Waals surface area contributed by atoms with Crippen molar-refractivity contribution in [2.24, 2.45) is 0 Å². The Hall–Kier alpha value is -3.01. The number of fused-ring (bicyclic) bond motifs is 1. The Labute approximate surface area is 256 Å². The van der Waals surface area contributed by atoms with Crippen molar-refractivity contribution in [1.82, 2.24) is 20.0 Å². The van der Waals surface area contributed by atoms with Crippen molar-refractivity contribution in [2.75, 3.05) is 59.1 Å². The van der Waals surface area contributed by atoms with Gasteiger partial charge in [0.25, 0.3) is 0 Å². The molecule has 9 heteroatoms.